The Labute approximate surface area is 126 Å². The Morgan fingerprint density at radius 1 is 1.38 bits per heavy atom. The van der Waals surface area contributed by atoms with E-state index in [9.17, 15) is 4.79 Å². The lowest BCUT2D eigenvalue weighted by Gasteiger charge is -2.16. The molecule has 0 aliphatic carbocycles. The molecule has 2 N–H and O–H groups in total. The minimum atomic E-state index is -0.0126. The van der Waals surface area contributed by atoms with Crippen LogP contribution in [0.5, 0.6) is 0 Å². The van der Waals surface area contributed by atoms with Gasteiger partial charge in [-0.3, -0.25) is 4.79 Å². The molecule has 2 saturated heterocycles. The second kappa shape index (κ2) is 6.89. The third kappa shape index (κ3) is 3.73. The third-order valence-electron chi connectivity index (χ3n) is 4.44. The largest absolute Gasteiger partial charge is 0.357 e. The first kappa shape index (κ1) is 14.3. The number of hydrogen-bond donors (Lipinski definition) is 2. The first-order valence-electron chi connectivity index (χ1n) is 8.03. The van der Waals surface area contributed by atoms with Gasteiger partial charge in [-0.25, -0.2) is 4.98 Å². The van der Waals surface area contributed by atoms with E-state index in [0.29, 0.717) is 11.5 Å². The maximum atomic E-state index is 12.1. The Morgan fingerprint density at radius 3 is 2.90 bits per heavy atom. The number of nitrogens with zero attached hydrogens (tertiary/aromatic N) is 2. The van der Waals surface area contributed by atoms with Gasteiger partial charge in [0.15, 0.2) is 0 Å². The maximum Gasteiger partial charge on any atom is 0.252 e. The molecule has 3 heterocycles. The van der Waals surface area contributed by atoms with E-state index >= 15 is 0 Å². The Kier molecular flexibility index (Phi) is 4.70. The van der Waals surface area contributed by atoms with Crippen LogP contribution in [0.1, 0.15) is 36.0 Å². The van der Waals surface area contributed by atoms with Crippen molar-refractivity contribution in [3.05, 3.63) is 23.9 Å². The lowest BCUT2D eigenvalue weighted by Crippen LogP contribution is -2.26. The van der Waals surface area contributed by atoms with Gasteiger partial charge < -0.3 is 15.5 Å². The van der Waals surface area contributed by atoms with E-state index in [1.54, 1.807) is 6.20 Å². The fraction of sp³-hybridized carbons (Fsp3) is 0.625. The number of pyridine rings is 1. The number of nitrogens with one attached hydrogen (secondary N) is 2. The summed E-state index contributed by atoms with van der Waals surface area (Å²) in [6, 6.07) is 3.84. The molecule has 1 atom stereocenters. The molecule has 0 aromatic carbocycles. The molecule has 114 valence electrons. The third-order valence-corrected chi connectivity index (χ3v) is 4.44. The van der Waals surface area contributed by atoms with Crippen molar-refractivity contribution in [2.24, 2.45) is 5.92 Å². The Hall–Kier alpha value is -1.62. The standard InChI is InChI=1S/C16H24N4O/c21-16(18-8-6-13-5-7-17-11-13)14-3-4-15(19-12-14)20-9-1-2-10-20/h3-4,12-13,17H,1-2,5-11H2,(H,18,21). The number of carbonyl (C=O) groups is 1. The Balaban J connectivity index is 1.47. The highest BCUT2D eigenvalue weighted by atomic mass is 16.1. The molecule has 5 nitrogen and oxygen atoms in total. The van der Waals surface area contributed by atoms with Crippen molar-refractivity contribution < 1.29 is 4.79 Å². The van der Waals surface area contributed by atoms with Crippen molar-refractivity contribution in [1.29, 1.82) is 0 Å². The molecule has 0 bridgehead atoms. The van der Waals surface area contributed by atoms with Crippen LogP contribution in [-0.2, 0) is 0 Å². The van der Waals surface area contributed by atoms with Crippen LogP contribution in [0.15, 0.2) is 18.3 Å². The molecule has 0 radical (unpaired) electrons. The summed E-state index contributed by atoms with van der Waals surface area (Å²) in [4.78, 5) is 18.8. The number of aromatic nitrogens is 1. The van der Waals surface area contributed by atoms with Crippen LogP contribution < -0.4 is 15.5 Å². The van der Waals surface area contributed by atoms with E-state index in [1.165, 1.54) is 19.3 Å². The molecule has 1 aromatic rings. The average molecular weight is 288 g/mol. The summed E-state index contributed by atoms with van der Waals surface area (Å²) in [7, 11) is 0. The summed E-state index contributed by atoms with van der Waals surface area (Å²) in [6.07, 6.45) is 6.44. The van der Waals surface area contributed by atoms with Crippen LogP contribution in [0.3, 0.4) is 0 Å². The van der Waals surface area contributed by atoms with Gasteiger partial charge in [-0.2, -0.15) is 0 Å². The van der Waals surface area contributed by atoms with Crippen LogP contribution in [0.4, 0.5) is 5.82 Å². The summed E-state index contributed by atoms with van der Waals surface area (Å²) in [5.41, 5.74) is 0.655. The van der Waals surface area contributed by atoms with Crippen molar-refractivity contribution in [1.82, 2.24) is 15.6 Å². The average Bonchev–Trinajstić information content (AvgIpc) is 3.21. The normalized spacial score (nSPS) is 21.7. The molecular weight excluding hydrogens is 264 g/mol. The molecule has 3 rings (SSSR count). The monoisotopic (exact) mass is 288 g/mol. The van der Waals surface area contributed by atoms with Crippen LogP contribution >= 0.6 is 0 Å². The van der Waals surface area contributed by atoms with Crippen molar-refractivity contribution >= 4 is 11.7 Å². The van der Waals surface area contributed by atoms with Crippen molar-refractivity contribution in [3.8, 4) is 0 Å². The summed E-state index contributed by atoms with van der Waals surface area (Å²) in [5.74, 6) is 1.68. The highest BCUT2D eigenvalue weighted by molar-refractivity contribution is 5.94. The molecular formula is C16H24N4O. The predicted molar refractivity (Wildman–Crippen MR) is 83.6 cm³/mol. The van der Waals surface area contributed by atoms with Crippen LogP contribution in [0, 0.1) is 5.92 Å². The fourth-order valence-corrected chi connectivity index (χ4v) is 3.11. The zero-order valence-electron chi connectivity index (χ0n) is 12.5. The molecule has 2 aliphatic rings. The van der Waals surface area contributed by atoms with Gasteiger partial charge >= 0.3 is 0 Å². The van der Waals surface area contributed by atoms with E-state index in [4.69, 9.17) is 0 Å². The molecule has 1 unspecified atom stereocenters. The molecule has 1 aromatic heterocycles. The second-order valence-corrected chi connectivity index (χ2v) is 6.00. The van der Waals surface area contributed by atoms with Crippen molar-refractivity contribution in [2.45, 2.75) is 25.7 Å². The van der Waals surface area contributed by atoms with Crippen LogP contribution in [-0.4, -0.2) is 43.6 Å². The fourth-order valence-electron chi connectivity index (χ4n) is 3.11. The highest BCUT2D eigenvalue weighted by Crippen LogP contribution is 2.17. The Bertz CT molecular complexity index is 462. The van der Waals surface area contributed by atoms with Gasteiger partial charge in [-0.05, 0) is 56.8 Å². The predicted octanol–water partition coefficient (Wildman–Crippen LogP) is 1.41. The van der Waals surface area contributed by atoms with E-state index in [0.717, 1.165) is 45.0 Å². The lowest BCUT2D eigenvalue weighted by atomic mass is 10.1. The number of rotatable bonds is 5. The quantitative estimate of drug-likeness (QED) is 0.860. The Morgan fingerprint density at radius 2 is 2.24 bits per heavy atom. The zero-order valence-corrected chi connectivity index (χ0v) is 12.5. The van der Waals surface area contributed by atoms with Gasteiger partial charge in [0, 0.05) is 25.8 Å². The van der Waals surface area contributed by atoms with E-state index in [1.807, 2.05) is 12.1 Å². The molecule has 2 fully saturated rings. The van der Waals surface area contributed by atoms with E-state index < -0.39 is 0 Å². The summed E-state index contributed by atoms with van der Waals surface area (Å²) in [6.45, 7) is 5.10. The van der Waals surface area contributed by atoms with Gasteiger partial charge in [0.1, 0.15) is 5.82 Å². The summed E-state index contributed by atoms with van der Waals surface area (Å²) < 4.78 is 0. The minimum Gasteiger partial charge on any atom is -0.357 e. The topological polar surface area (TPSA) is 57.3 Å². The first-order valence-corrected chi connectivity index (χ1v) is 8.03. The number of carbonyl (C=O) groups excluding carboxylic acids is 1. The zero-order chi connectivity index (χ0) is 14.5. The second-order valence-electron chi connectivity index (χ2n) is 6.00. The molecule has 21 heavy (non-hydrogen) atoms. The minimum absolute atomic E-state index is 0.0126. The first-order chi connectivity index (χ1) is 10.3. The van der Waals surface area contributed by atoms with Gasteiger partial charge in [0.05, 0.1) is 5.56 Å². The summed E-state index contributed by atoms with van der Waals surface area (Å²) in [5, 5.41) is 6.34. The van der Waals surface area contributed by atoms with Crippen LogP contribution in [0.2, 0.25) is 0 Å². The van der Waals surface area contributed by atoms with E-state index in [2.05, 4.69) is 20.5 Å². The highest BCUT2D eigenvalue weighted by Gasteiger charge is 2.16. The van der Waals surface area contributed by atoms with Gasteiger partial charge in [-0.15, -0.1) is 0 Å². The maximum absolute atomic E-state index is 12.1. The molecule has 2 aliphatic heterocycles. The number of hydrogen-bond acceptors (Lipinski definition) is 4. The van der Waals surface area contributed by atoms with Gasteiger partial charge in [0.2, 0.25) is 0 Å². The lowest BCUT2D eigenvalue weighted by molar-refractivity contribution is 0.0951. The summed E-state index contributed by atoms with van der Waals surface area (Å²) >= 11 is 0. The molecule has 0 spiro atoms. The van der Waals surface area contributed by atoms with Crippen LogP contribution in [0.25, 0.3) is 0 Å². The molecule has 1 amide bonds. The number of anilines is 1. The van der Waals surface area contributed by atoms with Gasteiger partial charge in [-0.1, -0.05) is 0 Å². The van der Waals surface area contributed by atoms with Gasteiger partial charge in [0.25, 0.3) is 5.91 Å². The smallest absolute Gasteiger partial charge is 0.252 e. The molecule has 5 heteroatoms. The SMILES string of the molecule is O=C(NCCC1CCNC1)c1ccc(N2CCCC2)nc1. The number of amides is 1. The van der Waals surface area contributed by atoms with E-state index in [-0.39, 0.29) is 5.91 Å². The van der Waals surface area contributed by atoms with Crippen molar-refractivity contribution in [3.63, 3.8) is 0 Å². The van der Waals surface area contributed by atoms with Crippen molar-refractivity contribution in [2.75, 3.05) is 37.6 Å². The molecule has 0 saturated carbocycles.